The van der Waals surface area contributed by atoms with Crippen molar-refractivity contribution in [2.45, 2.75) is 26.7 Å². The SMILES string of the molecule is Cc1ccc(NC(=O)CN2N=C(C(=O)Nc3ccc(F)cc3)CCC2=O)c(C)c1. The molecule has 0 aromatic heterocycles. The van der Waals surface area contributed by atoms with Crippen molar-refractivity contribution in [3.05, 3.63) is 59.4 Å². The zero-order valence-corrected chi connectivity index (χ0v) is 16.2. The summed E-state index contributed by atoms with van der Waals surface area (Å²) in [5.41, 5.74) is 3.19. The minimum Gasteiger partial charge on any atom is -0.324 e. The maximum Gasteiger partial charge on any atom is 0.271 e. The van der Waals surface area contributed by atoms with Gasteiger partial charge < -0.3 is 10.6 Å². The lowest BCUT2D eigenvalue weighted by molar-refractivity contribution is -0.135. The number of hydrogen-bond donors (Lipinski definition) is 2. The van der Waals surface area contributed by atoms with E-state index in [1.54, 1.807) is 6.07 Å². The Morgan fingerprint density at radius 2 is 1.79 bits per heavy atom. The van der Waals surface area contributed by atoms with Crippen molar-refractivity contribution in [1.82, 2.24) is 5.01 Å². The molecule has 1 aliphatic rings. The molecule has 2 aromatic carbocycles. The second-order valence-electron chi connectivity index (χ2n) is 6.83. The number of nitrogens with one attached hydrogen (secondary N) is 2. The maximum atomic E-state index is 13.0. The number of hydrazone groups is 1. The van der Waals surface area contributed by atoms with Crippen LogP contribution in [-0.4, -0.2) is 35.0 Å². The lowest BCUT2D eigenvalue weighted by atomic mass is 10.1. The summed E-state index contributed by atoms with van der Waals surface area (Å²) in [4.78, 5) is 36.9. The number of nitrogens with zero attached hydrogens (tertiary/aromatic N) is 2. The number of rotatable bonds is 5. The van der Waals surface area contributed by atoms with Crippen molar-refractivity contribution in [3.63, 3.8) is 0 Å². The van der Waals surface area contributed by atoms with E-state index >= 15 is 0 Å². The summed E-state index contributed by atoms with van der Waals surface area (Å²) >= 11 is 0. The third kappa shape index (κ3) is 5.25. The van der Waals surface area contributed by atoms with Gasteiger partial charge in [0.15, 0.2) is 0 Å². The molecule has 0 radical (unpaired) electrons. The molecule has 1 aliphatic heterocycles. The van der Waals surface area contributed by atoms with Crippen LogP contribution in [0.5, 0.6) is 0 Å². The molecule has 3 amide bonds. The quantitative estimate of drug-likeness (QED) is 0.814. The molecule has 0 atom stereocenters. The van der Waals surface area contributed by atoms with E-state index in [0.717, 1.165) is 16.1 Å². The zero-order chi connectivity index (χ0) is 21.0. The summed E-state index contributed by atoms with van der Waals surface area (Å²) in [6.45, 7) is 3.54. The summed E-state index contributed by atoms with van der Waals surface area (Å²) in [6.07, 6.45) is 0.244. The fourth-order valence-electron chi connectivity index (χ4n) is 2.90. The minimum atomic E-state index is -0.496. The van der Waals surface area contributed by atoms with Gasteiger partial charge in [-0.15, -0.1) is 0 Å². The standard InChI is InChI=1S/C21H21FN4O3/c1-13-3-8-17(14(2)11-13)24-19(27)12-26-20(28)10-9-18(25-26)21(29)23-16-6-4-15(22)5-7-16/h3-8,11H,9-10,12H2,1-2H3,(H,23,29)(H,24,27). The van der Waals surface area contributed by atoms with Gasteiger partial charge in [-0.25, -0.2) is 9.40 Å². The molecule has 0 saturated heterocycles. The molecule has 2 aromatic rings. The van der Waals surface area contributed by atoms with Gasteiger partial charge in [-0.05, 0) is 49.7 Å². The Bertz CT molecular complexity index is 986. The topological polar surface area (TPSA) is 90.9 Å². The van der Waals surface area contributed by atoms with Crippen LogP contribution in [-0.2, 0) is 14.4 Å². The van der Waals surface area contributed by atoms with Gasteiger partial charge in [-0.3, -0.25) is 14.4 Å². The number of amides is 3. The normalized spacial score (nSPS) is 13.7. The van der Waals surface area contributed by atoms with E-state index < -0.39 is 17.6 Å². The number of halogens is 1. The van der Waals surface area contributed by atoms with Crippen molar-refractivity contribution in [2.75, 3.05) is 17.2 Å². The molecule has 8 heteroatoms. The molecular weight excluding hydrogens is 375 g/mol. The van der Waals surface area contributed by atoms with Crippen LogP contribution in [0, 0.1) is 19.7 Å². The first-order valence-electron chi connectivity index (χ1n) is 9.13. The average molecular weight is 396 g/mol. The highest BCUT2D eigenvalue weighted by atomic mass is 19.1. The molecule has 0 bridgehead atoms. The number of aryl methyl sites for hydroxylation is 2. The Kier molecular flexibility index (Phi) is 6.01. The number of hydrogen-bond acceptors (Lipinski definition) is 4. The first-order chi connectivity index (χ1) is 13.8. The van der Waals surface area contributed by atoms with E-state index in [-0.39, 0.29) is 31.0 Å². The van der Waals surface area contributed by atoms with Crippen molar-refractivity contribution in [1.29, 1.82) is 0 Å². The van der Waals surface area contributed by atoms with Crippen LogP contribution >= 0.6 is 0 Å². The molecule has 7 nitrogen and oxygen atoms in total. The minimum absolute atomic E-state index is 0.0759. The molecule has 0 unspecified atom stereocenters. The number of anilines is 2. The van der Waals surface area contributed by atoms with Crippen LogP contribution in [0.3, 0.4) is 0 Å². The van der Waals surface area contributed by atoms with Crippen molar-refractivity contribution in [3.8, 4) is 0 Å². The Morgan fingerprint density at radius 1 is 1.07 bits per heavy atom. The molecule has 150 valence electrons. The van der Waals surface area contributed by atoms with Gasteiger partial charge in [-0.2, -0.15) is 5.10 Å². The van der Waals surface area contributed by atoms with Gasteiger partial charge in [0.1, 0.15) is 18.1 Å². The summed E-state index contributed by atoms with van der Waals surface area (Å²) < 4.78 is 13.0. The van der Waals surface area contributed by atoms with Gasteiger partial charge in [0.2, 0.25) is 11.8 Å². The number of carbonyl (C=O) groups is 3. The van der Waals surface area contributed by atoms with Crippen LogP contribution in [0.4, 0.5) is 15.8 Å². The Hall–Kier alpha value is -3.55. The monoisotopic (exact) mass is 396 g/mol. The van der Waals surface area contributed by atoms with Gasteiger partial charge in [0.05, 0.1) is 0 Å². The first-order valence-corrected chi connectivity index (χ1v) is 9.13. The van der Waals surface area contributed by atoms with Gasteiger partial charge in [0.25, 0.3) is 5.91 Å². The second-order valence-corrected chi connectivity index (χ2v) is 6.83. The van der Waals surface area contributed by atoms with E-state index in [1.807, 2.05) is 26.0 Å². The van der Waals surface area contributed by atoms with Crippen molar-refractivity contribution in [2.24, 2.45) is 5.10 Å². The second kappa shape index (κ2) is 8.64. The smallest absolute Gasteiger partial charge is 0.271 e. The Labute approximate surface area is 167 Å². The van der Waals surface area contributed by atoms with Crippen LogP contribution in [0.1, 0.15) is 24.0 Å². The van der Waals surface area contributed by atoms with Crippen molar-refractivity contribution >= 4 is 34.8 Å². The van der Waals surface area contributed by atoms with Gasteiger partial charge >= 0.3 is 0 Å². The Balaban J connectivity index is 1.66. The van der Waals surface area contributed by atoms with Crippen molar-refractivity contribution < 1.29 is 18.8 Å². The van der Waals surface area contributed by atoms with Gasteiger partial charge in [-0.1, -0.05) is 17.7 Å². The first kappa shape index (κ1) is 20.2. The summed E-state index contributed by atoms with van der Waals surface area (Å²) in [7, 11) is 0. The van der Waals surface area contributed by atoms with Crippen LogP contribution in [0.2, 0.25) is 0 Å². The van der Waals surface area contributed by atoms with Crippen LogP contribution in [0.15, 0.2) is 47.6 Å². The van der Waals surface area contributed by atoms with E-state index in [0.29, 0.717) is 11.4 Å². The molecular formula is C21H21FN4O3. The summed E-state index contributed by atoms with van der Waals surface area (Å²) in [5, 5.41) is 10.4. The molecule has 0 fully saturated rings. The lowest BCUT2D eigenvalue weighted by Crippen LogP contribution is -2.40. The summed E-state index contributed by atoms with van der Waals surface area (Å²) in [5.74, 6) is -1.65. The molecule has 2 N–H and O–H groups in total. The average Bonchev–Trinajstić information content (AvgIpc) is 2.67. The van der Waals surface area contributed by atoms with E-state index in [2.05, 4.69) is 15.7 Å². The maximum absolute atomic E-state index is 13.0. The third-order valence-corrected chi connectivity index (χ3v) is 4.42. The highest BCUT2D eigenvalue weighted by Crippen LogP contribution is 2.17. The fourth-order valence-corrected chi connectivity index (χ4v) is 2.90. The van der Waals surface area contributed by atoms with Crippen LogP contribution < -0.4 is 10.6 Å². The highest BCUT2D eigenvalue weighted by Gasteiger charge is 2.26. The van der Waals surface area contributed by atoms with Crippen LogP contribution in [0.25, 0.3) is 0 Å². The molecule has 29 heavy (non-hydrogen) atoms. The van der Waals surface area contributed by atoms with E-state index in [9.17, 15) is 18.8 Å². The molecule has 0 spiro atoms. The highest BCUT2D eigenvalue weighted by molar-refractivity contribution is 6.43. The molecule has 3 rings (SSSR count). The fraction of sp³-hybridized carbons (Fsp3) is 0.238. The molecule has 1 heterocycles. The van der Waals surface area contributed by atoms with Gasteiger partial charge in [0, 0.05) is 24.2 Å². The zero-order valence-electron chi connectivity index (χ0n) is 16.2. The predicted molar refractivity (Wildman–Crippen MR) is 108 cm³/mol. The van der Waals surface area contributed by atoms with E-state index in [4.69, 9.17) is 0 Å². The van der Waals surface area contributed by atoms with E-state index in [1.165, 1.54) is 24.3 Å². The number of carbonyl (C=O) groups excluding carboxylic acids is 3. The molecule has 0 aliphatic carbocycles. The third-order valence-electron chi connectivity index (χ3n) is 4.42. The lowest BCUT2D eigenvalue weighted by Gasteiger charge is -2.23. The molecule has 0 saturated carbocycles. The largest absolute Gasteiger partial charge is 0.324 e. The summed E-state index contributed by atoms with van der Waals surface area (Å²) in [6, 6.07) is 10.9. The predicted octanol–water partition coefficient (Wildman–Crippen LogP) is 3.00. The number of benzene rings is 2. The Morgan fingerprint density at radius 3 is 2.48 bits per heavy atom.